The van der Waals surface area contributed by atoms with Crippen molar-refractivity contribution in [1.29, 1.82) is 0 Å². The first-order chi connectivity index (χ1) is 9.08. The highest BCUT2D eigenvalue weighted by atomic mass is 35.5. The molecule has 3 nitrogen and oxygen atoms in total. The molecule has 0 aliphatic rings. The van der Waals surface area contributed by atoms with Crippen LogP contribution in [0, 0.1) is 0 Å². The predicted octanol–water partition coefficient (Wildman–Crippen LogP) is 4.72. The molecule has 1 aromatic carbocycles. The number of halogens is 4. The topological polar surface area (TPSA) is 27.1 Å². The van der Waals surface area contributed by atoms with Crippen molar-refractivity contribution < 1.29 is 4.74 Å². The lowest BCUT2D eigenvalue weighted by Crippen LogP contribution is -1.99. The number of benzene rings is 1. The molecule has 7 heteroatoms. The molecular weight excluding hydrogens is 330 g/mol. The van der Waals surface area contributed by atoms with Gasteiger partial charge in [-0.15, -0.1) is 11.6 Å². The smallest absolute Gasteiger partial charge is 0.137 e. The van der Waals surface area contributed by atoms with Crippen LogP contribution in [0.4, 0.5) is 0 Å². The second-order valence-electron chi connectivity index (χ2n) is 3.79. The molecule has 0 saturated heterocycles. The van der Waals surface area contributed by atoms with Gasteiger partial charge in [-0.25, -0.2) is 4.68 Å². The monoisotopic (exact) mass is 338 g/mol. The van der Waals surface area contributed by atoms with Crippen LogP contribution in [0.25, 0.3) is 5.69 Å². The Bertz CT molecular complexity index is 598. The molecule has 102 valence electrons. The summed E-state index contributed by atoms with van der Waals surface area (Å²) in [6.45, 7) is 0.333. The lowest BCUT2D eigenvalue weighted by atomic mass is 10.3. The lowest BCUT2D eigenvalue weighted by molar-refractivity contribution is 0.180. The first-order valence-electron chi connectivity index (χ1n) is 5.35. The van der Waals surface area contributed by atoms with Crippen LogP contribution in [0.2, 0.25) is 15.2 Å². The van der Waals surface area contributed by atoms with Gasteiger partial charge in [0.2, 0.25) is 0 Å². The van der Waals surface area contributed by atoms with E-state index in [-0.39, 0.29) is 5.88 Å². The summed E-state index contributed by atoms with van der Waals surface area (Å²) in [5.41, 5.74) is 2.06. The number of ether oxygens (including phenoxy) is 1. The molecular formula is C12H10Cl4N2O. The van der Waals surface area contributed by atoms with Gasteiger partial charge in [0.05, 0.1) is 28.9 Å². The third kappa shape index (κ3) is 3.01. The van der Waals surface area contributed by atoms with Crippen molar-refractivity contribution >= 4 is 46.4 Å². The molecule has 0 atom stereocenters. The molecule has 0 aliphatic heterocycles. The molecule has 0 amide bonds. The lowest BCUT2D eigenvalue weighted by Gasteiger charge is -2.06. The Balaban J connectivity index is 2.56. The maximum Gasteiger partial charge on any atom is 0.137 e. The molecule has 1 heterocycles. The van der Waals surface area contributed by atoms with Crippen LogP contribution in [0.15, 0.2) is 18.2 Å². The number of hydrogen-bond donors (Lipinski definition) is 0. The standard InChI is InChI=1S/C12H10Cl4N2O/c1-19-6-10-8(5-13)12(16)18(17-10)11-3-2-7(14)4-9(11)15/h2-4H,5-6H2,1H3. The van der Waals surface area contributed by atoms with Gasteiger partial charge in [0, 0.05) is 17.7 Å². The molecule has 0 bridgehead atoms. The molecule has 0 N–H and O–H groups in total. The van der Waals surface area contributed by atoms with Gasteiger partial charge in [-0.05, 0) is 18.2 Å². The van der Waals surface area contributed by atoms with Crippen LogP contribution in [-0.4, -0.2) is 16.9 Å². The van der Waals surface area contributed by atoms with Gasteiger partial charge in [0.1, 0.15) is 5.15 Å². The summed E-state index contributed by atoms with van der Waals surface area (Å²) in [6.07, 6.45) is 0. The fourth-order valence-corrected chi connectivity index (χ4v) is 2.81. The fraction of sp³-hybridized carbons (Fsp3) is 0.250. The zero-order valence-electron chi connectivity index (χ0n) is 9.96. The Morgan fingerprint density at radius 2 is 2.00 bits per heavy atom. The Morgan fingerprint density at radius 3 is 2.58 bits per heavy atom. The minimum Gasteiger partial charge on any atom is -0.378 e. The first-order valence-corrected chi connectivity index (χ1v) is 7.02. The van der Waals surface area contributed by atoms with E-state index < -0.39 is 0 Å². The van der Waals surface area contributed by atoms with Crippen LogP contribution in [0.3, 0.4) is 0 Å². The average molecular weight is 340 g/mol. The maximum atomic E-state index is 6.28. The molecule has 2 aromatic rings. The van der Waals surface area contributed by atoms with Crippen molar-refractivity contribution in [3.05, 3.63) is 44.7 Å². The van der Waals surface area contributed by atoms with Gasteiger partial charge < -0.3 is 4.74 Å². The average Bonchev–Trinajstić information content (AvgIpc) is 2.66. The number of alkyl halides is 1. The van der Waals surface area contributed by atoms with E-state index in [0.717, 1.165) is 5.56 Å². The zero-order valence-corrected chi connectivity index (χ0v) is 13.0. The summed E-state index contributed by atoms with van der Waals surface area (Å²) in [5.74, 6) is 0.253. The summed E-state index contributed by atoms with van der Waals surface area (Å²) < 4.78 is 6.61. The number of hydrogen-bond acceptors (Lipinski definition) is 2. The molecule has 2 rings (SSSR count). The second-order valence-corrected chi connectivity index (χ2v) is 5.26. The molecule has 0 saturated carbocycles. The summed E-state index contributed by atoms with van der Waals surface area (Å²) in [4.78, 5) is 0. The SMILES string of the molecule is COCc1nn(-c2ccc(Cl)cc2Cl)c(Cl)c1CCl. The number of methoxy groups -OCH3 is 1. The van der Waals surface area contributed by atoms with E-state index >= 15 is 0 Å². The van der Waals surface area contributed by atoms with Gasteiger partial charge in [0.15, 0.2) is 0 Å². The van der Waals surface area contributed by atoms with Crippen molar-refractivity contribution in [2.45, 2.75) is 12.5 Å². The van der Waals surface area contributed by atoms with Gasteiger partial charge in [-0.3, -0.25) is 0 Å². The number of nitrogens with zero attached hydrogens (tertiary/aromatic N) is 2. The minimum atomic E-state index is 0.253. The predicted molar refractivity (Wildman–Crippen MR) is 78.9 cm³/mol. The van der Waals surface area contributed by atoms with Crippen molar-refractivity contribution in [2.75, 3.05) is 7.11 Å². The highest BCUT2D eigenvalue weighted by molar-refractivity contribution is 6.36. The third-order valence-corrected chi connectivity index (χ3v) is 3.75. The molecule has 0 fully saturated rings. The summed E-state index contributed by atoms with van der Waals surface area (Å²) in [7, 11) is 1.58. The van der Waals surface area contributed by atoms with Crippen LogP contribution in [0.1, 0.15) is 11.3 Å². The summed E-state index contributed by atoms with van der Waals surface area (Å²) in [5, 5.41) is 5.81. The highest BCUT2D eigenvalue weighted by Crippen LogP contribution is 2.30. The highest BCUT2D eigenvalue weighted by Gasteiger charge is 2.18. The Morgan fingerprint density at radius 1 is 1.26 bits per heavy atom. The molecule has 0 spiro atoms. The van der Waals surface area contributed by atoms with Crippen molar-refractivity contribution in [3.8, 4) is 5.69 Å². The van der Waals surface area contributed by atoms with E-state index in [1.54, 1.807) is 25.3 Å². The van der Waals surface area contributed by atoms with Crippen LogP contribution in [-0.2, 0) is 17.2 Å². The van der Waals surface area contributed by atoms with Crippen LogP contribution >= 0.6 is 46.4 Å². The normalized spacial score (nSPS) is 11.0. The first kappa shape index (κ1) is 14.9. The third-order valence-electron chi connectivity index (χ3n) is 2.56. The molecule has 0 aliphatic carbocycles. The van der Waals surface area contributed by atoms with Gasteiger partial charge in [-0.2, -0.15) is 5.10 Å². The van der Waals surface area contributed by atoms with E-state index in [2.05, 4.69) is 5.10 Å². The molecule has 0 radical (unpaired) electrons. The van der Waals surface area contributed by atoms with E-state index in [9.17, 15) is 0 Å². The van der Waals surface area contributed by atoms with Gasteiger partial charge in [0.25, 0.3) is 0 Å². The Kier molecular flexibility index (Phi) is 4.98. The van der Waals surface area contributed by atoms with Crippen LogP contribution in [0.5, 0.6) is 0 Å². The van der Waals surface area contributed by atoms with E-state index in [1.165, 1.54) is 4.68 Å². The van der Waals surface area contributed by atoms with E-state index in [1.807, 2.05) is 0 Å². The van der Waals surface area contributed by atoms with E-state index in [4.69, 9.17) is 51.1 Å². The Hall–Kier alpha value is -0.450. The van der Waals surface area contributed by atoms with Gasteiger partial charge >= 0.3 is 0 Å². The quantitative estimate of drug-likeness (QED) is 0.754. The van der Waals surface area contributed by atoms with Crippen molar-refractivity contribution in [3.63, 3.8) is 0 Å². The largest absolute Gasteiger partial charge is 0.378 e. The number of rotatable bonds is 4. The van der Waals surface area contributed by atoms with Gasteiger partial charge in [-0.1, -0.05) is 34.8 Å². The second kappa shape index (κ2) is 6.33. The van der Waals surface area contributed by atoms with Crippen molar-refractivity contribution in [1.82, 2.24) is 9.78 Å². The maximum absolute atomic E-state index is 6.28. The fourth-order valence-electron chi connectivity index (χ4n) is 1.67. The molecule has 1 aromatic heterocycles. The molecule has 19 heavy (non-hydrogen) atoms. The Labute approximate surface area is 131 Å². The van der Waals surface area contributed by atoms with Crippen molar-refractivity contribution in [2.24, 2.45) is 0 Å². The summed E-state index contributed by atoms with van der Waals surface area (Å²) >= 11 is 24.2. The molecule has 0 unspecified atom stereocenters. The minimum absolute atomic E-state index is 0.253. The summed E-state index contributed by atoms with van der Waals surface area (Å²) in [6, 6.07) is 5.10. The zero-order chi connectivity index (χ0) is 14.0. The van der Waals surface area contributed by atoms with E-state index in [0.29, 0.717) is 33.2 Å². The van der Waals surface area contributed by atoms with Crippen LogP contribution < -0.4 is 0 Å². The number of aromatic nitrogens is 2.